The summed E-state index contributed by atoms with van der Waals surface area (Å²) in [5.74, 6) is 0.624. The second-order valence-corrected chi connectivity index (χ2v) is 16.9. The van der Waals surface area contributed by atoms with Gasteiger partial charge in [0.15, 0.2) is 11.4 Å². The molecule has 0 saturated heterocycles. The molecule has 1 aliphatic heterocycles. The summed E-state index contributed by atoms with van der Waals surface area (Å²) in [7, 11) is 0. The zero-order valence-electron chi connectivity index (χ0n) is 34.4. The Bertz CT molecular complexity index is 4140. The number of aromatic nitrogens is 1. The van der Waals surface area contributed by atoms with E-state index in [1.54, 1.807) is 0 Å². The third kappa shape index (κ3) is 5.31. The molecule has 0 saturated carbocycles. The Balaban J connectivity index is 1.04. The fourth-order valence-electron chi connectivity index (χ4n) is 10.1. The standard InChI is InChI=1S/C59H35N3O2/c1-2-12-36-29-41(22-21-35(36)11-1)49-26-27-50(42-23-24-44-43-17-7-9-19-54(43)63-56(44)34-42)61-59(60-49)46-25-28-51(58-57(46)45-18-8-10-20-55(45)64-58)62-52-32-39-15-5-3-13-37(39)30-47(52)48-31-38-14-4-6-16-40(38)33-53(48)62/h1-25,27-34H,26H2. The Morgan fingerprint density at radius 1 is 0.406 bits per heavy atom. The van der Waals surface area contributed by atoms with Crippen molar-refractivity contribution in [2.45, 2.75) is 6.42 Å². The quantitative estimate of drug-likeness (QED) is 0.178. The normalized spacial score (nSPS) is 13.5. The van der Waals surface area contributed by atoms with E-state index in [1.165, 1.54) is 43.1 Å². The SMILES string of the molecule is C1=C(c2ccc3c(c2)oc2ccccc23)N=C(c2ccc(-n3c4cc5ccccc5cc4c4cc5ccccc5cc43)c3oc4ccccc4c23)N=C(c2ccc3ccccc3c2)C1. The van der Waals surface area contributed by atoms with Crippen LogP contribution in [0.1, 0.15) is 23.1 Å². The predicted molar refractivity (Wildman–Crippen MR) is 266 cm³/mol. The molecule has 10 aromatic carbocycles. The Hall–Kier alpha value is -8.54. The summed E-state index contributed by atoms with van der Waals surface area (Å²) in [6.07, 6.45) is 2.80. The Morgan fingerprint density at radius 2 is 0.984 bits per heavy atom. The summed E-state index contributed by atoms with van der Waals surface area (Å²) in [6, 6.07) is 69.0. The molecule has 3 aromatic heterocycles. The molecular formula is C59H35N3O2. The lowest BCUT2D eigenvalue weighted by Crippen LogP contribution is -2.06. The van der Waals surface area contributed by atoms with Gasteiger partial charge in [-0.25, -0.2) is 9.98 Å². The number of nitrogens with zero attached hydrogens (tertiary/aromatic N) is 3. The van der Waals surface area contributed by atoms with E-state index < -0.39 is 0 Å². The van der Waals surface area contributed by atoms with Crippen molar-refractivity contribution >= 4 is 115 Å². The van der Waals surface area contributed by atoms with Gasteiger partial charge in [-0.05, 0) is 105 Å². The van der Waals surface area contributed by atoms with Gasteiger partial charge < -0.3 is 13.4 Å². The molecule has 298 valence electrons. The first-order valence-corrected chi connectivity index (χ1v) is 21.8. The predicted octanol–water partition coefficient (Wildman–Crippen LogP) is 15.7. The zero-order chi connectivity index (χ0) is 41.9. The minimum Gasteiger partial charge on any atom is -0.456 e. The molecular weight excluding hydrogens is 783 g/mol. The highest BCUT2D eigenvalue weighted by molar-refractivity contribution is 6.25. The topological polar surface area (TPSA) is 55.9 Å². The second kappa shape index (κ2) is 13.5. The largest absolute Gasteiger partial charge is 0.456 e. The first-order chi connectivity index (χ1) is 31.7. The van der Waals surface area contributed by atoms with Crippen molar-refractivity contribution < 1.29 is 8.83 Å². The first kappa shape index (κ1) is 35.1. The molecule has 64 heavy (non-hydrogen) atoms. The van der Waals surface area contributed by atoms with Crippen LogP contribution in [0.5, 0.6) is 0 Å². The van der Waals surface area contributed by atoms with E-state index in [9.17, 15) is 0 Å². The van der Waals surface area contributed by atoms with Crippen molar-refractivity contribution in [3.63, 3.8) is 0 Å². The second-order valence-electron chi connectivity index (χ2n) is 16.9. The smallest absolute Gasteiger partial charge is 0.160 e. The lowest BCUT2D eigenvalue weighted by atomic mass is 10.0. The van der Waals surface area contributed by atoms with Crippen LogP contribution in [0.2, 0.25) is 0 Å². The maximum absolute atomic E-state index is 7.04. The fraction of sp³-hybridized carbons (Fsp3) is 0.0169. The average Bonchev–Trinajstić information content (AvgIpc) is 3.95. The number of amidine groups is 1. The summed E-state index contributed by atoms with van der Waals surface area (Å²) in [5, 5.41) is 13.7. The summed E-state index contributed by atoms with van der Waals surface area (Å²) >= 11 is 0. The number of rotatable bonds is 4. The van der Waals surface area contributed by atoms with Crippen LogP contribution >= 0.6 is 0 Å². The van der Waals surface area contributed by atoms with Crippen LogP contribution < -0.4 is 0 Å². The molecule has 0 fully saturated rings. The van der Waals surface area contributed by atoms with E-state index in [0.717, 1.165) is 88.7 Å². The van der Waals surface area contributed by atoms with E-state index in [-0.39, 0.29) is 0 Å². The molecule has 0 bridgehead atoms. The lowest BCUT2D eigenvalue weighted by Gasteiger charge is -2.13. The van der Waals surface area contributed by atoms with Crippen LogP contribution in [0.25, 0.3) is 109 Å². The van der Waals surface area contributed by atoms with Crippen molar-refractivity contribution in [1.82, 2.24) is 4.57 Å². The van der Waals surface area contributed by atoms with Gasteiger partial charge in [-0.2, -0.15) is 0 Å². The number of allylic oxidation sites excluding steroid dienone is 1. The minimum atomic E-state index is 0.593. The number of fused-ring (bicyclic) bond motifs is 12. The molecule has 0 aliphatic carbocycles. The van der Waals surface area contributed by atoms with Gasteiger partial charge in [0.1, 0.15) is 16.7 Å². The summed E-state index contributed by atoms with van der Waals surface area (Å²) in [6.45, 7) is 0. The molecule has 14 rings (SSSR count). The molecule has 0 radical (unpaired) electrons. The lowest BCUT2D eigenvalue weighted by molar-refractivity contribution is 0.666. The Kier molecular flexibility index (Phi) is 7.39. The highest BCUT2D eigenvalue weighted by Gasteiger charge is 2.24. The van der Waals surface area contributed by atoms with Crippen molar-refractivity contribution in [3.05, 3.63) is 217 Å². The first-order valence-electron chi connectivity index (χ1n) is 21.8. The number of furan rings is 2. The highest BCUT2D eigenvalue weighted by atomic mass is 16.3. The molecule has 0 amide bonds. The van der Waals surface area contributed by atoms with E-state index >= 15 is 0 Å². The zero-order valence-corrected chi connectivity index (χ0v) is 34.4. The number of benzene rings is 10. The van der Waals surface area contributed by atoms with Crippen LogP contribution in [0.3, 0.4) is 0 Å². The van der Waals surface area contributed by atoms with Crippen molar-refractivity contribution in [2.75, 3.05) is 0 Å². The molecule has 5 heteroatoms. The van der Waals surface area contributed by atoms with Gasteiger partial charge in [-0.3, -0.25) is 0 Å². The van der Waals surface area contributed by atoms with Crippen LogP contribution in [-0.4, -0.2) is 16.1 Å². The minimum absolute atomic E-state index is 0.593. The highest BCUT2D eigenvalue weighted by Crippen LogP contribution is 2.43. The van der Waals surface area contributed by atoms with Crippen molar-refractivity contribution in [1.29, 1.82) is 0 Å². The van der Waals surface area contributed by atoms with Crippen LogP contribution in [0, 0.1) is 0 Å². The maximum atomic E-state index is 7.04. The average molecular weight is 818 g/mol. The van der Waals surface area contributed by atoms with Gasteiger partial charge in [0, 0.05) is 49.9 Å². The number of aliphatic imine (C=N–C) groups is 2. The monoisotopic (exact) mass is 817 g/mol. The molecule has 4 heterocycles. The number of hydrogen-bond donors (Lipinski definition) is 0. The molecule has 0 unspecified atom stereocenters. The van der Waals surface area contributed by atoms with Gasteiger partial charge in [-0.1, -0.05) is 133 Å². The maximum Gasteiger partial charge on any atom is 0.160 e. The van der Waals surface area contributed by atoms with Gasteiger partial charge in [0.05, 0.1) is 28.1 Å². The van der Waals surface area contributed by atoms with Gasteiger partial charge >= 0.3 is 0 Å². The van der Waals surface area contributed by atoms with E-state index in [1.807, 2.05) is 18.2 Å². The van der Waals surface area contributed by atoms with Crippen LogP contribution in [0.4, 0.5) is 0 Å². The molecule has 5 nitrogen and oxygen atoms in total. The third-order valence-corrected chi connectivity index (χ3v) is 13.2. The third-order valence-electron chi connectivity index (χ3n) is 13.2. The van der Waals surface area contributed by atoms with Crippen molar-refractivity contribution in [3.8, 4) is 5.69 Å². The molecule has 0 N–H and O–H groups in total. The Labute approximate surface area is 366 Å². The number of para-hydroxylation sites is 2. The fourth-order valence-corrected chi connectivity index (χ4v) is 10.1. The van der Waals surface area contributed by atoms with E-state index in [2.05, 4.69) is 187 Å². The van der Waals surface area contributed by atoms with E-state index in [0.29, 0.717) is 12.3 Å². The molecule has 0 atom stereocenters. The van der Waals surface area contributed by atoms with Gasteiger partial charge in [-0.15, -0.1) is 0 Å². The molecule has 13 aromatic rings. The summed E-state index contributed by atoms with van der Waals surface area (Å²) in [4.78, 5) is 11.0. The van der Waals surface area contributed by atoms with Crippen molar-refractivity contribution in [2.24, 2.45) is 9.98 Å². The summed E-state index contributed by atoms with van der Waals surface area (Å²) in [5.41, 5.74) is 11.2. The van der Waals surface area contributed by atoms with Crippen LogP contribution in [0.15, 0.2) is 219 Å². The Morgan fingerprint density at radius 3 is 1.70 bits per heavy atom. The van der Waals surface area contributed by atoms with Gasteiger partial charge in [0.25, 0.3) is 0 Å². The van der Waals surface area contributed by atoms with Gasteiger partial charge in [0.2, 0.25) is 0 Å². The number of hydrogen-bond acceptors (Lipinski definition) is 4. The van der Waals surface area contributed by atoms with Crippen LogP contribution in [-0.2, 0) is 0 Å². The molecule has 1 aliphatic rings. The summed E-state index contributed by atoms with van der Waals surface area (Å²) < 4.78 is 15.8. The van der Waals surface area contributed by atoms with E-state index in [4.69, 9.17) is 18.8 Å². The molecule has 0 spiro atoms.